The van der Waals surface area contributed by atoms with Crippen molar-refractivity contribution in [3.63, 3.8) is 0 Å². The number of amides is 1. The molecular formula is C28H27N3O3. The van der Waals surface area contributed by atoms with Crippen LogP contribution in [0.25, 0.3) is 16.6 Å². The third-order valence-electron chi connectivity index (χ3n) is 6.25. The highest BCUT2D eigenvalue weighted by Gasteiger charge is 2.30. The molecule has 34 heavy (non-hydrogen) atoms. The molecule has 0 atom stereocenters. The molecule has 172 valence electrons. The molecule has 0 unspecified atom stereocenters. The lowest BCUT2D eigenvalue weighted by Gasteiger charge is -2.35. The van der Waals surface area contributed by atoms with E-state index in [0.29, 0.717) is 38.5 Å². The van der Waals surface area contributed by atoms with Gasteiger partial charge in [0.25, 0.3) is 11.7 Å². The van der Waals surface area contributed by atoms with E-state index in [1.54, 1.807) is 4.90 Å². The molecular weight excluding hydrogens is 426 g/mol. The number of aromatic nitrogens is 1. The van der Waals surface area contributed by atoms with Gasteiger partial charge in [-0.1, -0.05) is 36.4 Å². The number of rotatable bonds is 6. The average molecular weight is 454 g/mol. The van der Waals surface area contributed by atoms with Crippen molar-refractivity contribution in [1.82, 2.24) is 9.30 Å². The zero-order valence-corrected chi connectivity index (χ0v) is 19.2. The Morgan fingerprint density at radius 2 is 1.56 bits per heavy atom. The highest BCUT2D eigenvalue weighted by atomic mass is 16.5. The summed E-state index contributed by atoms with van der Waals surface area (Å²) in [6.07, 6.45) is 1.83. The van der Waals surface area contributed by atoms with E-state index in [-0.39, 0.29) is 0 Å². The second-order valence-electron chi connectivity index (χ2n) is 8.30. The zero-order chi connectivity index (χ0) is 23.5. The molecule has 4 aromatic rings. The third-order valence-corrected chi connectivity index (χ3v) is 6.25. The van der Waals surface area contributed by atoms with E-state index in [2.05, 4.69) is 17.0 Å². The second kappa shape index (κ2) is 9.43. The summed E-state index contributed by atoms with van der Waals surface area (Å²) in [5, 5.41) is 0. The number of para-hydroxylation sites is 1. The predicted octanol–water partition coefficient (Wildman–Crippen LogP) is 4.54. The first-order chi connectivity index (χ1) is 16.7. The molecule has 1 amide bonds. The Labute approximate surface area is 199 Å². The molecule has 0 aliphatic carbocycles. The molecule has 2 aromatic carbocycles. The Balaban J connectivity index is 1.41. The minimum absolute atomic E-state index is 0.398. The van der Waals surface area contributed by atoms with Crippen LogP contribution in [0.15, 0.2) is 85.1 Å². The number of ketones is 1. The number of nitrogens with zero attached hydrogens (tertiary/aromatic N) is 3. The number of carbonyl (C=O) groups is 2. The molecule has 6 nitrogen and oxygen atoms in total. The first-order valence-corrected chi connectivity index (χ1v) is 11.6. The van der Waals surface area contributed by atoms with Crippen LogP contribution >= 0.6 is 0 Å². The first-order valence-electron chi connectivity index (χ1n) is 11.6. The minimum atomic E-state index is -0.483. The predicted molar refractivity (Wildman–Crippen MR) is 134 cm³/mol. The van der Waals surface area contributed by atoms with Crippen LogP contribution in [0.5, 0.6) is 5.75 Å². The largest absolute Gasteiger partial charge is 0.494 e. The molecule has 3 heterocycles. The Hall–Kier alpha value is -4.06. The summed E-state index contributed by atoms with van der Waals surface area (Å²) in [4.78, 5) is 30.8. The van der Waals surface area contributed by atoms with Gasteiger partial charge in [-0.2, -0.15) is 0 Å². The SMILES string of the molecule is CCOc1ccc(-c2cc3ccccn3c2C(=O)C(=O)N2CCN(c3ccccc3)CC2)cc1. The van der Waals surface area contributed by atoms with E-state index in [4.69, 9.17) is 4.74 Å². The van der Waals surface area contributed by atoms with Gasteiger partial charge in [0.1, 0.15) is 11.4 Å². The molecule has 1 saturated heterocycles. The van der Waals surface area contributed by atoms with E-state index in [9.17, 15) is 9.59 Å². The van der Waals surface area contributed by atoms with Gasteiger partial charge < -0.3 is 18.9 Å². The van der Waals surface area contributed by atoms with Crippen LogP contribution in [-0.2, 0) is 4.79 Å². The lowest BCUT2D eigenvalue weighted by atomic mass is 10.0. The van der Waals surface area contributed by atoms with E-state index < -0.39 is 11.7 Å². The maximum absolute atomic E-state index is 13.6. The average Bonchev–Trinajstić information content (AvgIpc) is 3.29. The standard InChI is InChI=1S/C28H27N3O3/c1-2-34-24-13-11-21(12-14-24)25-20-23-10-6-7-15-31(23)26(25)27(32)28(33)30-18-16-29(17-19-30)22-8-4-3-5-9-22/h3-15,20H,2,16-19H2,1H3. The van der Waals surface area contributed by atoms with E-state index in [1.807, 2.05) is 84.3 Å². The Morgan fingerprint density at radius 3 is 2.26 bits per heavy atom. The van der Waals surface area contributed by atoms with Crippen LogP contribution in [-0.4, -0.2) is 53.8 Å². The van der Waals surface area contributed by atoms with Crippen LogP contribution < -0.4 is 9.64 Å². The summed E-state index contributed by atoms with van der Waals surface area (Å²) in [6, 6.07) is 25.5. The van der Waals surface area contributed by atoms with Crippen LogP contribution in [0, 0.1) is 0 Å². The number of pyridine rings is 1. The molecule has 2 aromatic heterocycles. The van der Waals surface area contributed by atoms with Gasteiger partial charge in [0.05, 0.1) is 6.61 Å². The summed E-state index contributed by atoms with van der Waals surface area (Å²) in [6.45, 7) is 4.96. The number of piperazine rings is 1. The van der Waals surface area contributed by atoms with Gasteiger partial charge >= 0.3 is 0 Å². The van der Waals surface area contributed by atoms with E-state index in [1.165, 1.54) is 0 Å². The van der Waals surface area contributed by atoms with Gasteiger partial charge in [0, 0.05) is 49.1 Å². The molecule has 1 aliphatic rings. The van der Waals surface area contributed by atoms with Crippen molar-refractivity contribution >= 4 is 22.9 Å². The molecule has 0 spiro atoms. The summed E-state index contributed by atoms with van der Waals surface area (Å²) in [5.41, 5.74) is 4.02. The van der Waals surface area contributed by atoms with Crippen molar-refractivity contribution in [1.29, 1.82) is 0 Å². The topological polar surface area (TPSA) is 54.3 Å². The normalized spacial score (nSPS) is 13.8. The number of Topliss-reactive ketones (excluding diaryl/α,β-unsaturated/α-hetero) is 1. The fourth-order valence-electron chi connectivity index (χ4n) is 4.52. The number of ether oxygens (including phenoxy) is 1. The number of hydrogen-bond acceptors (Lipinski definition) is 4. The van der Waals surface area contributed by atoms with Crippen LogP contribution in [0.4, 0.5) is 5.69 Å². The van der Waals surface area contributed by atoms with Gasteiger partial charge in [0.15, 0.2) is 0 Å². The van der Waals surface area contributed by atoms with Crippen molar-refractivity contribution in [2.24, 2.45) is 0 Å². The van der Waals surface area contributed by atoms with Gasteiger partial charge in [-0.05, 0) is 55.0 Å². The van der Waals surface area contributed by atoms with Crippen molar-refractivity contribution in [2.45, 2.75) is 6.92 Å². The van der Waals surface area contributed by atoms with Crippen molar-refractivity contribution in [3.8, 4) is 16.9 Å². The van der Waals surface area contributed by atoms with Crippen molar-refractivity contribution in [2.75, 3.05) is 37.7 Å². The molecule has 1 fully saturated rings. The monoisotopic (exact) mass is 453 g/mol. The third kappa shape index (κ3) is 4.15. The molecule has 0 N–H and O–H groups in total. The van der Waals surface area contributed by atoms with Crippen molar-refractivity contribution < 1.29 is 14.3 Å². The van der Waals surface area contributed by atoms with Gasteiger partial charge in [-0.25, -0.2) is 0 Å². The summed E-state index contributed by atoms with van der Waals surface area (Å²) in [7, 11) is 0. The zero-order valence-electron chi connectivity index (χ0n) is 19.2. The number of carbonyl (C=O) groups excluding carboxylic acids is 2. The summed E-state index contributed by atoms with van der Waals surface area (Å²) >= 11 is 0. The number of benzene rings is 2. The number of fused-ring (bicyclic) bond motifs is 1. The maximum Gasteiger partial charge on any atom is 0.296 e. The highest BCUT2D eigenvalue weighted by molar-refractivity contribution is 6.43. The minimum Gasteiger partial charge on any atom is -0.494 e. The van der Waals surface area contributed by atoms with Crippen LogP contribution in [0.3, 0.4) is 0 Å². The van der Waals surface area contributed by atoms with Gasteiger partial charge in [-0.15, -0.1) is 0 Å². The van der Waals surface area contributed by atoms with E-state index in [0.717, 1.165) is 28.1 Å². The summed E-state index contributed by atoms with van der Waals surface area (Å²) < 4.78 is 7.37. The Bertz CT molecular complexity index is 1300. The Kier molecular flexibility index (Phi) is 6.04. The van der Waals surface area contributed by atoms with Gasteiger partial charge in [0.2, 0.25) is 0 Å². The lowest BCUT2D eigenvalue weighted by Crippen LogP contribution is -2.50. The quantitative estimate of drug-likeness (QED) is 0.318. The number of anilines is 1. The Morgan fingerprint density at radius 1 is 0.853 bits per heavy atom. The summed E-state index contributed by atoms with van der Waals surface area (Å²) in [5.74, 6) is -0.165. The molecule has 0 radical (unpaired) electrons. The van der Waals surface area contributed by atoms with Crippen molar-refractivity contribution in [3.05, 3.63) is 90.8 Å². The fourth-order valence-corrected chi connectivity index (χ4v) is 4.52. The molecule has 1 aliphatic heterocycles. The lowest BCUT2D eigenvalue weighted by molar-refractivity contribution is -0.126. The molecule has 0 saturated carbocycles. The first kappa shape index (κ1) is 21.8. The smallest absolute Gasteiger partial charge is 0.296 e. The number of hydrogen-bond donors (Lipinski definition) is 0. The fraction of sp³-hybridized carbons (Fsp3) is 0.214. The molecule has 5 rings (SSSR count). The van der Waals surface area contributed by atoms with E-state index >= 15 is 0 Å². The molecule has 0 bridgehead atoms. The second-order valence-corrected chi connectivity index (χ2v) is 8.30. The van der Waals surface area contributed by atoms with Gasteiger partial charge in [-0.3, -0.25) is 9.59 Å². The van der Waals surface area contributed by atoms with Crippen LogP contribution in [0.2, 0.25) is 0 Å². The highest BCUT2D eigenvalue weighted by Crippen LogP contribution is 2.30. The molecule has 6 heteroatoms. The maximum atomic E-state index is 13.6. The van der Waals surface area contributed by atoms with Crippen LogP contribution in [0.1, 0.15) is 17.4 Å².